The SMILES string of the molecule is CC(C)(C)c1c(CO)nnn1Cc1cccc(Cl)c1. The molecule has 1 N–H and O–H groups in total. The van der Waals surface area contributed by atoms with Gasteiger partial charge in [-0.2, -0.15) is 0 Å². The fourth-order valence-electron chi connectivity index (χ4n) is 2.19. The lowest BCUT2D eigenvalue weighted by Crippen LogP contribution is -2.20. The zero-order chi connectivity index (χ0) is 14.0. The molecule has 1 heterocycles. The highest BCUT2D eigenvalue weighted by Gasteiger charge is 2.24. The van der Waals surface area contributed by atoms with Gasteiger partial charge in [0, 0.05) is 10.4 Å². The summed E-state index contributed by atoms with van der Waals surface area (Å²) in [5, 5.41) is 18.3. The molecule has 0 fully saturated rings. The van der Waals surface area contributed by atoms with Gasteiger partial charge < -0.3 is 5.11 Å². The Hall–Kier alpha value is -1.39. The van der Waals surface area contributed by atoms with Gasteiger partial charge in [-0.25, -0.2) is 4.68 Å². The van der Waals surface area contributed by atoms with E-state index in [-0.39, 0.29) is 12.0 Å². The van der Waals surface area contributed by atoms with Crippen molar-refractivity contribution in [3.05, 3.63) is 46.2 Å². The molecular weight excluding hydrogens is 262 g/mol. The van der Waals surface area contributed by atoms with Crippen LogP contribution in [0.4, 0.5) is 0 Å². The van der Waals surface area contributed by atoms with Crippen LogP contribution < -0.4 is 0 Å². The maximum absolute atomic E-state index is 9.37. The van der Waals surface area contributed by atoms with Crippen molar-refractivity contribution in [1.82, 2.24) is 15.0 Å². The zero-order valence-electron chi connectivity index (χ0n) is 11.4. The molecule has 5 heteroatoms. The van der Waals surface area contributed by atoms with E-state index in [4.69, 9.17) is 11.6 Å². The van der Waals surface area contributed by atoms with Crippen molar-refractivity contribution in [3.63, 3.8) is 0 Å². The van der Waals surface area contributed by atoms with E-state index >= 15 is 0 Å². The number of aliphatic hydroxyl groups is 1. The molecule has 0 saturated heterocycles. The summed E-state index contributed by atoms with van der Waals surface area (Å²) < 4.78 is 1.83. The third-order valence-electron chi connectivity index (χ3n) is 2.89. The molecule has 0 saturated carbocycles. The number of rotatable bonds is 3. The van der Waals surface area contributed by atoms with Crippen LogP contribution in [-0.4, -0.2) is 20.1 Å². The maximum atomic E-state index is 9.37. The second kappa shape index (κ2) is 5.31. The Kier molecular flexibility index (Phi) is 3.92. The van der Waals surface area contributed by atoms with Crippen molar-refractivity contribution in [3.8, 4) is 0 Å². The lowest BCUT2D eigenvalue weighted by atomic mass is 9.90. The Labute approximate surface area is 118 Å². The van der Waals surface area contributed by atoms with Crippen molar-refractivity contribution in [2.45, 2.75) is 39.3 Å². The predicted molar refractivity (Wildman–Crippen MR) is 75.2 cm³/mol. The lowest BCUT2D eigenvalue weighted by molar-refractivity contribution is 0.273. The first kappa shape index (κ1) is 14.0. The first-order chi connectivity index (χ1) is 8.91. The summed E-state index contributed by atoms with van der Waals surface area (Å²) in [7, 11) is 0. The van der Waals surface area contributed by atoms with E-state index in [0.717, 1.165) is 11.3 Å². The molecule has 0 spiro atoms. The highest BCUT2D eigenvalue weighted by Crippen LogP contribution is 2.25. The Bertz CT molecular complexity index is 572. The average molecular weight is 280 g/mol. The number of aliphatic hydroxyl groups excluding tert-OH is 1. The summed E-state index contributed by atoms with van der Waals surface area (Å²) in [6, 6.07) is 7.67. The van der Waals surface area contributed by atoms with Crippen molar-refractivity contribution in [1.29, 1.82) is 0 Å². The minimum atomic E-state index is -0.125. The predicted octanol–water partition coefficient (Wildman–Crippen LogP) is 2.77. The highest BCUT2D eigenvalue weighted by molar-refractivity contribution is 6.30. The van der Waals surface area contributed by atoms with E-state index in [1.807, 2.05) is 28.9 Å². The monoisotopic (exact) mass is 279 g/mol. The normalized spacial score (nSPS) is 11.8. The number of aromatic nitrogens is 3. The largest absolute Gasteiger partial charge is 0.390 e. The van der Waals surface area contributed by atoms with E-state index in [9.17, 15) is 5.11 Å². The standard InChI is InChI=1S/C14H18ClN3O/c1-14(2,3)13-12(9-19)16-17-18(13)8-10-5-4-6-11(15)7-10/h4-7,19H,8-9H2,1-3H3. The maximum Gasteiger partial charge on any atom is 0.112 e. The van der Waals surface area contributed by atoms with Crippen LogP contribution in [-0.2, 0) is 18.6 Å². The van der Waals surface area contributed by atoms with Gasteiger partial charge in [-0.3, -0.25) is 0 Å². The summed E-state index contributed by atoms with van der Waals surface area (Å²) in [4.78, 5) is 0. The third kappa shape index (κ3) is 3.14. The van der Waals surface area contributed by atoms with Crippen molar-refractivity contribution in [2.24, 2.45) is 0 Å². The van der Waals surface area contributed by atoms with E-state index < -0.39 is 0 Å². The molecular formula is C14H18ClN3O. The van der Waals surface area contributed by atoms with E-state index in [0.29, 0.717) is 17.3 Å². The molecule has 0 aliphatic carbocycles. The summed E-state index contributed by atoms with van der Waals surface area (Å²) in [6.45, 7) is 6.75. The minimum Gasteiger partial charge on any atom is -0.390 e. The quantitative estimate of drug-likeness (QED) is 0.940. The first-order valence-corrected chi connectivity index (χ1v) is 6.58. The molecule has 2 aromatic rings. The summed E-state index contributed by atoms with van der Waals surface area (Å²) in [5.74, 6) is 0. The van der Waals surface area contributed by atoms with E-state index in [1.165, 1.54) is 0 Å². The molecule has 0 amide bonds. The van der Waals surface area contributed by atoms with Crippen LogP contribution in [0, 0.1) is 0 Å². The van der Waals surface area contributed by atoms with Crippen LogP contribution >= 0.6 is 11.6 Å². The highest BCUT2D eigenvalue weighted by atomic mass is 35.5. The third-order valence-corrected chi connectivity index (χ3v) is 3.12. The molecule has 0 bridgehead atoms. The van der Waals surface area contributed by atoms with Gasteiger partial charge in [-0.15, -0.1) is 5.10 Å². The second-order valence-electron chi connectivity index (χ2n) is 5.58. The van der Waals surface area contributed by atoms with Crippen LogP contribution in [0.15, 0.2) is 24.3 Å². The average Bonchev–Trinajstić information content (AvgIpc) is 2.71. The molecule has 1 aromatic heterocycles. The second-order valence-corrected chi connectivity index (χ2v) is 6.02. The van der Waals surface area contributed by atoms with Crippen LogP contribution in [0.5, 0.6) is 0 Å². The van der Waals surface area contributed by atoms with Crippen molar-refractivity contribution >= 4 is 11.6 Å². The van der Waals surface area contributed by atoms with Crippen molar-refractivity contribution < 1.29 is 5.11 Å². The van der Waals surface area contributed by atoms with Crippen LogP contribution in [0.2, 0.25) is 5.02 Å². The van der Waals surface area contributed by atoms with Crippen molar-refractivity contribution in [2.75, 3.05) is 0 Å². The molecule has 4 nitrogen and oxygen atoms in total. The van der Waals surface area contributed by atoms with Gasteiger partial charge in [0.2, 0.25) is 0 Å². The van der Waals surface area contributed by atoms with Crippen LogP contribution in [0.25, 0.3) is 0 Å². The van der Waals surface area contributed by atoms with Gasteiger partial charge in [-0.1, -0.05) is 49.7 Å². The molecule has 2 rings (SSSR count). The molecule has 1 aromatic carbocycles. The number of halogens is 1. The molecule has 0 aliphatic heterocycles. The molecule has 102 valence electrons. The van der Waals surface area contributed by atoms with E-state index in [2.05, 4.69) is 31.1 Å². The summed E-state index contributed by atoms with van der Waals surface area (Å²) in [6.07, 6.45) is 0. The molecule has 0 atom stereocenters. The topological polar surface area (TPSA) is 50.9 Å². The molecule has 0 radical (unpaired) electrons. The molecule has 0 unspecified atom stereocenters. The van der Waals surface area contributed by atoms with Gasteiger partial charge in [0.25, 0.3) is 0 Å². The zero-order valence-corrected chi connectivity index (χ0v) is 12.1. The number of hydrogen-bond acceptors (Lipinski definition) is 3. The van der Waals surface area contributed by atoms with Crippen LogP contribution in [0.3, 0.4) is 0 Å². The van der Waals surface area contributed by atoms with Gasteiger partial charge in [0.15, 0.2) is 0 Å². The number of benzene rings is 1. The van der Waals surface area contributed by atoms with Crippen LogP contribution in [0.1, 0.15) is 37.7 Å². The van der Waals surface area contributed by atoms with Gasteiger partial charge in [0.1, 0.15) is 5.69 Å². The smallest absolute Gasteiger partial charge is 0.112 e. The Morgan fingerprint density at radius 2 is 2.05 bits per heavy atom. The number of hydrogen-bond donors (Lipinski definition) is 1. The molecule has 0 aliphatic rings. The Morgan fingerprint density at radius 1 is 1.32 bits per heavy atom. The first-order valence-electron chi connectivity index (χ1n) is 6.20. The fourth-order valence-corrected chi connectivity index (χ4v) is 2.41. The summed E-state index contributed by atoms with van der Waals surface area (Å²) in [5.41, 5.74) is 2.53. The number of nitrogens with zero attached hydrogens (tertiary/aromatic N) is 3. The minimum absolute atomic E-state index is 0.0951. The lowest BCUT2D eigenvalue weighted by Gasteiger charge is -2.21. The van der Waals surface area contributed by atoms with E-state index in [1.54, 1.807) is 0 Å². The Balaban J connectivity index is 2.38. The van der Waals surface area contributed by atoms with Gasteiger partial charge in [0.05, 0.1) is 18.8 Å². The molecule has 19 heavy (non-hydrogen) atoms. The summed E-state index contributed by atoms with van der Waals surface area (Å²) >= 11 is 5.99. The van der Waals surface area contributed by atoms with Gasteiger partial charge in [-0.05, 0) is 17.7 Å². The van der Waals surface area contributed by atoms with Gasteiger partial charge >= 0.3 is 0 Å². The Morgan fingerprint density at radius 3 is 2.63 bits per heavy atom. The fraction of sp³-hybridized carbons (Fsp3) is 0.429.